The minimum absolute atomic E-state index is 0.0182. The maximum atomic E-state index is 12.1. The Hall–Kier alpha value is -3.54. The number of hydrazine groups is 1. The predicted octanol–water partition coefficient (Wildman–Crippen LogP) is 1.51. The van der Waals surface area contributed by atoms with Gasteiger partial charge in [-0.15, -0.1) is 13.2 Å². The van der Waals surface area contributed by atoms with Crippen LogP contribution < -0.4 is 20.9 Å². The van der Waals surface area contributed by atoms with Crippen LogP contribution in [-0.2, 0) is 9.59 Å². The van der Waals surface area contributed by atoms with Crippen LogP contribution in [0.1, 0.15) is 10.6 Å². The number of nitrogens with one attached hydrogen (secondary N) is 3. The second-order valence-electron chi connectivity index (χ2n) is 5.77. The van der Waals surface area contributed by atoms with Crippen LogP contribution in [0.3, 0.4) is 0 Å². The number of hydrogen-bond acceptors (Lipinski definition) is 6. The van der Waals surface area contributed by atoms with Crippen molar-refractivity contribution in [3.05, 3.63) is 48.4 Å². The summed E-state index contributed by atoms with van der Waals surface area (Å²) < 4.78 is 44.9. The SMILES string of the molecule is CN(CC(=O)NNC(=O)c1ccco1)CC(=O)Nc1ccc(OC(F)(F)F)cc1. The summed E-state index contributed by atoms with van der Waals surface area (Å²) in [5.41, 5.74) is 4.58. The molecule has 12 heteroatoms. The van der Waals surface area contributed by atoms with Gasteiger partial charge in [-0.2, -0.15) is 0 Å². The Labute approximate surface area is 162 Å². The number of carbonyl (C=O) groups is 3. The molecule has 1 aromatic heterocycles. The molecule has 3 N–H and O–H groups in total. The molecule has 9 nitrogen and oxygen atoms in total. The highest BCUT2D eigenvalue weighted by Gasteiger charge is 2.30. The van der Waals surface area contributed by atoms with Crippen molar-refractivity contribution in [1.82, 2.24) is 15.8 Å². The third-order valence-corrected chi connectivity index (χ3v) is 3.26. The molecule has 0 atom stereocenters. The van der Waals surface area contributed by atoms with Gasteiger partial charge in [0, 0.05) is 5.69 Å². The largest absolute Gasteiger partial charge is 0.573 e. The molecule has 2 aromatic rings. The fraction of sp³-hybridized carbons (Fsp3) is 0.235. The van der Waals surface area contributed by atoms with E-state index in [1.165, 1.54) is 42.5 Å². The third kappa shape index (κ3) is 7.92. The van der Waals surface area contributed by atoms with E-state index in [0.29, 0.717) is 0 Å². The van der Waals surface area contributed by atoms with Gasteiger partial charge in [0.1, 0.15) is 5.75 Å². The maximum Gasteiger partial charge on any atom is 0.573 e. The van der Waals surface area contributed by atoms with Crippen LogP contribution in [0.25, 0.3) is 0 Å². The minimum Gasteiger partial charge on any atom is -0.459 e. The molecule has 0 bridgehead atoms. The summed E-state index contributed by atoms with van der Waals surface area (Å²) in [6.07, 6.45) is -3.49. The average Bonchev–Trinajstić information content (AvgIpc) is 3.14. The predicted molar refractivity (Wildman–Crippen MR) is 93.6 cm³/mol. The van der Waals surface area contributed by atoms with E-state index >= 15 is 0 Å². The molecule has 0 saturated heterocycles. The number of alkyl halides is 3. The molecule has 0 aliphatic heterocycles. The standard InChI is InChI=1S/C17H17F3N4O5/c1-24(10-15(26)22-23-16(27)13-3-2-8-28-13)9-14(25)21-11-4-6-12(7-5-11)29-17(18,19)20/h2-8H,9-10H2,1H3,(H,21,25)(H,22,26)(H,23,27). The molecule has 3 amide bonds. The Morgan fingerprint density at radius 3 is 2.28 bits per heavy atom. The molecular weight excluding hydrogens is 397 g/mol. The van der Waals surface area contributed by atoms with Crippen molar-refractivity contribution in [3.63, 3.8) is 0 Å². The lowest BCUT2D eigenvalue weighted by Gasteiger charge is -2.16. The van der Waals surface area contributed by atoms with Crippen molar-refractivity contribution < 1.29 is 36.7 Å². The topological polar surface area (TPSA) is 113 Å². The average molecular weight is 414 g/mol. The number of carbonyl (C=O) groups excluding carboxylic acids is 3. The lowest BCUT2D eigenvalue weighted by Crippen LogP contribution is -2.46. The Kier molecular flexibility index (Phi) is 7.20. The van der Waals surface area contributed by atoms with Crippen LogP contribution in [-0.4, -0.2) is 49.1 Å². The van der Waals surface area contributed by atoms with Crippen molar-refractivity contribution in [2.75, 3.05) is 25.5 Å². The fourth-order valence-corrected chi connectivity index (χ4v) is 2.12. The summed E-state index contributed by atoms with van der Waals surface area (Å²) >= 11 is 0. The molecule has 156 valence electrons. The number of nitrogens with zero attached hydrogens (tertiary/aromatic N) is 1. The van der Waals surface area contributed by atoms with Gasteiger partial charge in [0.05, 0.1) is 19.4 Å². The summed E-state index contributed by atoms with van der Waals surface area (Å²) in [5, 5.41) is 2.47. The van der Waals surface area contributed by atoms with Crippen molar-refractivity contribution in [2.24, 2.45) is 0 Å². The number of benzene rings is 1. The van der Waals surface area contributed by atoms with Crippen LogP contribution in [0.15, 0.2) is 47.1 Å². The van der Waals surface area contributed by atoms with Crippen LogP contribution >= 0.6 is 0 Å². The third-order valence-electron chi connectivity index (χ3n) is 3.26. The number of hydrogen-bond donors (Lipinski definition) is 3. The molecule has 1 aromatic carbocycles. The Morgan fingerprint density at radius 1 is 1.03 bits per heavy atom. The summed E-state index contributed by atoms with van der Waals surface area (Å²) in [6.45, 7) is -0.384. The zero-order valence-electron chi connectivity index (χ0n) is 15.1. The Morgan fingerprint density at radius 2 is 1.69 bits per heavy atom. The van der Waals surface area contributed by atoms with Crippen molar-refractivity contribution in [2.45, 2.75) is 6.36 Å². The lowest BCUT2D eigenvalue weighted by atomic mass is 10.3. The summed E-state index contributed by atoms with van der Waals surface area (Å²) in [7, 11) is 1.49. The van der Waals surface area contributed by atoms with Gasteiger partial charge >= 0.3 is 12.3 Å². The normalized spacial score (nSPS) is 11.1. The van der Waals surface area contributed by atoms with Gasteiger partial charge in [-0.3, -0.25) is 30.1 Å². The van der Waals surface area contributed by atoms with Crippen LogP contribution in [0.5, 0.6) is 5.75 Å². The smallest absolute Gasteiger partial charge is 0.459 e. The second-order valence-corrected chi connectivity index (χ2v) is 5.77. The van der Waals surface area contributed by atoms with E-state index in [1.807, 2.05) is 0 Å². The molecule has 0 spiro atoms. The van der Waals surface area contributed by atoms with E-state index in [-0.39, 0.29) is 24.5 Å². The van der Waals surface area contributed by atoms with E-state index in [9.17, 15) is 27.6 Å². The van der Waals surface area contributed by atoms with Crippen LogP contribution in [0.2, 0.25) is 0 Å². The highest BCUT2D eigenvalue weighted by Crippen LogP contribution is 2.23. The first-order valence-corrected chi connectivity index (χ1v) is 8.09. The molecule has 2 rings (SSSR count). The summed E-state index contributed by atoms with van der Waals surface area (Å²) in [4.78, 5) is 36.7. The van der Waals surface area contributed by atoms with Crippen LogP contribution in [0.4, 0.5) is 18.9 Å². The van der Waals surface area contributed by atoms with E-state index < -0.39 is 29.8 Å². The zero-order valence-corrected chi connectivity index (χ0v) is 15.1. The number of rotatable bonds is 7. The number of anilines is 1. The first-order valence-electron chi connectivity index (χ1n) is 8.09. The highest BCUT2D eigenvalue weighted by atomic mass is 19.4. The van der Waals surface area contributed by atoms with Gasteiger partial charge in [-0.1, -0.05) is 0 Å². The van der Waals surface area contributed by atoms with Gasteiger partial charge < -0.3 is 14.5 Å². The van der Waals surface area contributed by atoms with Gasteiger partial charge in [-0.05, 0) is 43.4 Å². The van der Waals surface area contributed by atoms with Crippen molar-refractivity contribution >= 4 is 23.4 Å². The Bertz CT molecular complexity index is 838. The number of amides is 3. The second kappa shape index (κ2) is 9.59. The number of likely N-dealkylation sites (N-methyl/N-ethyl adjacent to an activating group) is 1. The molecule has 0 unspecified atom stereocenters. The van der Waals surface area contributed by atoms with Gasteiger partial charge in [0.25, 0.3) is 5.91 Å². The van der Waals surface area contributed by atoms with Gasteiger partial charge in [-0.25, -0.2) is 0 Å². The minimum atomic E-state index is -4.80. The lowest BCUT2D eigenvalue weighted by molar-refractivity contribution is -0.274. The van der Waals surface area contributed by atoms with Crippen molar-refractivity contribution in [3.8, 4) is 5.75 Å². The van der Waals surface area contributed by atoms with Gasteiger partial charge in [0.15, 0.2) is 5.76 Å². The zero-order chi connectivity index (χ0) is 21.4. The number of halogens is 3. The quantitative estimate of drug-likeness (QED) is 0.592. The van der Waals surface area contributed by atoms with E-state index in [2.05, 4.69) is 20.9 Å². The number of ether oxygens (including phenoxy) is 1. The number of furan rings is 1. The molecule has 0 fully saturated rings. The molecule has 0 saturated carbocycles. The molecule has 0 aliphatic carbocycles. The first kappa shape index (κ1) is 21.8. The Balaban J connectivity index is 1.72. The monoisotopic (exact) mass is 414 g/mol. The molecular formula is C17H17F3N4O5. The molecule has 0 aliphatic rings. The maximum absolute atomic E-state index is 12.1. The molecule has 29 heavy (non-hydrogen) atoms. The van der Waals surface area contributed by atoms with Crippen LogP contribution in [0, 0.1) is 0 Å². The summed E-state index contributed by atoms with van der Waals surface area (Å²) in [5.74, 6) is -2.11. The molecule has 1 heterocycles. The van der Waals surface area contributed by atoms with E-state index in [0.717, 1.165) is 12.1 Å². The van der Waals surface area contributed by atoms with E-state index in [1.54, 1.807) is 0 Å². The first-order chi connectivity index (χ1) is 13.6. The molecule has 0 radical (unpaired) electrons. The van der Waals surface area contributed by atoms with Gasteiger partial charge in [0.2, 0.25) is 5.91 Å². The van der Waals surface area contributed by atoms with E-state index in [4.69, 9.17) is 4.42 Å². The highest BCUT2D eigenvalue weighted by molar-refractivity contribution is 5.94. The fourth-order valence-electron chi connectivity index (χ4n) is 2.12. The van der Waals surface area contributed by atoms with Crippen molar-refractivity contribution in [1.29, 1.82) is 0 Å². The summed E-state index contributed by atoms with van der Waals surface area (Å²) in [6, 6.07) is 7.54.